The number of aliphatic hydroxyl groups is 1. The molecule has 222 valence electrons. The highest BCUT2D eigenvalue weighted by Crippen LogP contribution is 2.28. The highest BCUT2D eigenvalue weighted by molar-refractivity contribution is 7.92. The number of phenolic OH excluding ortho intramolecular Hbond substituents is 2. The lowest BCUT2D eigenvalue weighted by atomic mass is 9.93. The lowest BCUT2D eigenvalue weighted by Gasteiger charge is -2.28. The number of nitrogens with one attached hydrogen (secondary N) is 2. The van der Waals surface area contributed by atoms with Crippen LogP contribution in [0.1, 0.15) is 49.1 Å². The summed E-state index contributed by atoms with van der Waals surface area (Å²) < 4.78 is 25.4. The van der Waals surface area contributed by atoms with Crippen molar-refractivity contribution in [2.75, 3.05) is 24.1 Å². The number of likely N-dealkylation sites (N-methyl/N-ethyl adjacent to an activating group) is 1. The highest BCUT2D eigenvalue weighted by Gasteiger charge is 2.22. The first-order valence-corrected chi connectivity index (χ1v) is 15.5. The van der Waals surface area contributed by atoms with Gasteiger partial charge in [0.15, 0.2) is 0 Å². The van der Waals surface area contributed by atoms with Crippen LogP contribution >= 0.6 is 11.6 Å². The first-order valence-electron chi connectivity index (χ1n) is 13.2. The van der Waals surface area contributed by atoms with Crippen molar-refractivity contribution in [2.24, 2.45) is 0 Å². The Hall–Kier alpha value is -3.31. The van der Waals surface area contributed by atoms with Crippen molar-refractivity contribution in [1.82, 2.24) is 10.2 Å². The van der Waals surface area contributed by atoms with E-state index in [1.165, 1.54) is 24.3 Å². The number of hydrogen-bond donors (Lipinski definition) is 5. The molecule has 0 radical (unpaired) electrons. The van der Waals surface area contributed by atoms with Crippen molar-refractivity contribution < 1.29 is 28.5 Å². The first-order chi connectivity index (χ1) is 19.2. The number of halogens is 1. The Balaban J connectivity index is 1.61. The van der Waals surface area contributed by atoms with Gasteiger partial charge < -0.3 is 25.5 Å². The smallest absolute Gasteiger partial charge is 0.229 e. The number of benzene rings is 3. The number of carbonyl (C=O) groups excluding carboxylic acids is 1. The van der Waals surface area contributed by atoms with E-state index >= 15 is 0 Å². The summed E-state index contributed by atoms with van der Waals surface area (Å²) in [5.74, 6) is -0.189. The Kier molecular flexibility index (Phi) is 10.7. The molecule has 0 heterocycles. The van der Waals surface area contributed by atoms with Crippen molar-refractivity contribution in [3.8, 4) is 11.5 Å². The maximum Gasteiger partial charge on any atom is 0.229 e. The summed E-state index contributed by atoms with van der Waals surface area (Å²) in [7, 11) is -3.59. The fourth-order valence-corrected chi connectivity index (χ4v) is 5.29. The molecule has 0 fully saturated rings. The van der Waals surface area contributed by atoms with Crippen LogP contribution in [0.5, 0.6) is 11.5 Å². The molecule has 5 N–H and O–H groups in total. The van der Waals surface area contributed by atoms with E-state index in [-0.39, 0.29) is 36.1 Å². The number of sulfonamides is 1. The molecule has 1 atom stereocenters. The molecule has 0 aliphatic heterocycles. The minimum absolute atomic E-state index is 0.00229. The first kappa shape index (κ1) is 32.2. The third-order valence-electron chi connectivity index (χ3n) is 6.60. The molecule has 0 saturated heterocycles. The summed E-state index contributed by atoms with van der Waals surface area (Å²) >= 11 is 6.24. The Morgan fingerprint density at radius 2 is 1.76 bits per heavy atom. The van der Waals surface area contributed by atoms with Crippen LogP contribution in [-0.4, -0.2) is 59.4 Å². The van der Waals surface area contributed by atoms with Crippen LogP contribution in [0.3, 0.4) is 0 Å². The second-order valence-corrected chi connectivity index (χ2v) is 12.9. The Morgan fingerprint density at radius 1 is 1.05 bits per heavy atom. The van der Waals surface area contributed by atoms with Gasteiger partial charge in [0, 0.05) is 30.2 Å². The van der Waals surface area contributed by atoms with Gasteiger partial charge in [-0.15, -0.1) is 0 Å². The highest BCUT2D eigenvalue weighted by atomic mass is 35.5. The SMILES string of the molecule is CCN(Cc1ccc(O)cc1Cl)C(=O)Cc1cccc(CC(C)(C)NC[C@H](O)c2ccc(O)c(NS(C)(=O)=O)c2)c1. The third kappa shape index (κ3) is 9.93. The molecule has 3 rings (SSSR count). The average Bonchev–Trinajstić information content (AvgIpc) is 2.87. The summed E-state index contributed by atoms with van der Waals surface area (Å²) in [6, 6.07) is 16.8. The molecule has 0 aliphatic rings. The zero-order chi connectivity index (χ0) is 30.4. The van der Waals surface area contributed by atoms with Gasteiger partial charge in [-0.1, -0.05) is 48.0 Å². The predicted molar refractivity (Wildman–Crippen MR) is 162 cm³/mol. The van der Waals surface area contributed by atoms with E-state index in [9.17, 15) is 28.5 Å². The van der Waals surface area contributed by atoms with Gasteiger partial charge in [0.1, 0.15) is 11.5 Å². The number of amides is 1. The van der Waals surface area contributed by atoms with Crippen LogP contribution in [-0.2, 0) is 34.2 Å². The summed E-state index contributed by atoms with van der Waals surface area (Å²) in [4.78, 5) is 14.8. The number of aliphatic hydroxyl groups excluding tert-OH is 1. The molecule has 3 aromatic carbocycles. The minimum Gasteiger partial charge on any atom is -0.508 e. The molecule has 0 aromatic heterocycles. The predicted octanol–water partition coefficient (Wildman–Crippen LogP) is 4.36. The third-order valence-corrected chi connectivity index (χ3v) is 7.54. The molecule has 3 aromatic rings. The van der Waals surface area contributed by atoms with Crippen LogP contribution in [0.4, 0.5) is 5.69 Å². The van der Waals surface area contributed by atoms with Gasteiger partial charge in [-0.05, 0) is 73.7 Å². The van der Waals surface area contributed by atoms with Crippen LogP contribution in [0.25, 0.3) is 0 Å². The van der Waals surface area contributed by atoms with Crippen molar-refractivity contribution in [3.05, 3.63) is 87.9 Å². The number of carbonyl (C=O) groups is 1. The van der Waals surface area contributed by atoms with Crippen LogP contribution in [0, 0.1) is 0 Å². The van der Waals surface area contributed by atoms with Gasteiger partial charge in [0.05, 0.1) is 24.5 Å². The number of hydrogen-bond acceptors (Lipinski definition) is 7. The number of aromatic hydroxyl groups is 2. The molecule has 0 bridgehead atoms. The molecule has 0 spiro atoms. The van der Waals surface area contributed by atoms with Gasteiger partial charge in [0.25, 0.3) is 0 Å². The van der Waals surface area contributed by atoms with Crippen LogP contribution in [0.2, 0.25) is 5.02 Å². The zero-order valence-corrected chi connectivity index (χ0v) is 25.3. The fraction of sp³-hybridized carbons (Fsp3) is 0.367. The summed E-state index contributed by atoms with van der Waals surface area (Å²) in [5, 5.41) is 34.0. The standard InChI is InChI=1S/C30H38ClN3O6S/c1-5-34(19-23-9-11-24(35)16-25(23)31)29(38)14-20-7-6-8-21(13-20)17-30(2,3)32-18-28(37)22-10-12-27(36)26(15-22)33-41(4,39)40/h6-13,15-16,28,32-33,35-37H,5,14,17-19H2,1-4H3/t28-/m0/s1. The lowest BCUT2D eigenvalue weighted by Crippen LogP contribution is -2.43. The Morgan fingerprint density at radius 3 is 2.41 bits per heavy atom. The van der Waals surface area contributed by atoms with Gasteiger partial charge in [-0.2, -0.15) is 0 Å². The Labute approximate surface area is 246 Å². The summed E-state index contributed by atoms with van der Waals surface area (Å²) in [5.41, 5.74) is 2.71. The van der Waals surface area contributed by atoms with Crippen molar-refractivity contribution in [1.29, 1.82) is 0 Å². The largest absolute Gasteiger partial charge is 0.508 e. The van der Waals surface area contributed by atoms with Gasteiger partial charge in [0.2, 0.25) is 15.9 Å². The van der Waals surface area contributed by atoms with Crippen molar-refractivity contribution in [2.45, 2.75) is 51.8 Å². The molecule has 11 heteroatoms. The maximum absolute atomic E-state index is 13.1. The second-order valence-electron chi connectivity index (χ2n) is 10.8. The number of phenols is 2. The van der Waals surface area contributed by atoms with E-state index < -0.39 is 21.7 Å². The molecule has 0 aliphatic carbocycles. The number of β-amino-alcohol motifs (C(OH)–C–C–N with tert-alkyl or cyclic N) is 1. The Bertz CT molecular complexity index is 1480. The molecular weight excluding hydrogens is 566 g/mol. The quantitative estimate of drug-likeness (QED) is 0.183. The van der Waals surface area contributed by atoms with E-state index in [1.54, 1.807) is 17.0 Å². The van der Waals surface area contributed by atoms with Crippen LogP contribution < -0.4 is 10.0 Å². The fourth-order valence-electron chi connectivity index (χ4n) is 4.49. The van der Waals surface area contributed by atoms with Crippen LogP contribution in [0.15, 0.2) is 60.7 Å². The zero-order valence-electron chi connectivity index (χ0n) is 23.7. The second kappa shape index (κ2) is 13.6. The molecular formula is C30H38ClN3O6S. The normalized spacial score (nSPS) is 12.6. The van der Waals surface area contributed by atoms with Crippen molar-refractivity contribution in [3.63, 3.8) is 0 Å². The minimum atomic E-state index is -3.59. The topological polar surface area (TPSA) is 139 Å². The summed E-state index contributed by atoms with van der Waals surface area (Å²) in [6.45, 7) is 6.98. The average molecular weight is 604 g/mol. The van der Waals surface area contributed by atoms with E-state index in [1.807, 2.05) is 45.0 Å². The van der Waals surface area contributed by atoms with Gasteiger partial charge in [-0.3, -0.25) is 9.52 Å². The van der Waals surface area contributed by atoms with E-state index in [2.05, 4.69) is 10.0 Å². The molecule has 1 amide bonds. The van der Waals surface area contributed by atoms with Crippen molar-refractivity contribution >= 4 is 33.2 Å². The monoisotopic (exact) mass is 603 g/mol. The van der Waals surface area contributed by atoms with E-state index in [0.29, 0.717) is 30.1 Å². The lowest BCUT2D eigenvalue weighted by molar-refractivity contribution is -0.130. The van der Waals surface area contributed by atoms with Gasteiger partial charge in [-0.25, -0.2) is 8.42 Å². The van der Waals surface area contributed by atoms with E-state index in [4.69, 9.17) is 11.6 Å². The molecule has 9 nitrogen and oxygen atoms in total. The van der Waals surface area contributed by atoms with E-state index in [0.717, 1.165) is 22.9 Å². The maximum atomic E-state index is 13.1. The number of nitrogens with zero attached hydrogens (tertiary/aromatic N) is 1. The number of rotatable bonds is 13. The summed E-state index contributed by atoms with van der Waals surface area (Å²) in [6.07, 6.45) is 0.895. The molecule has 0 saturated carbocycles. The molecule has 0 unspecified atom stereocenters. The number of anilines is 1. The molecule has 41 heavy (non-hydrogen) atoms. The van der Waals surface area contributed by atoms with Gasteiger partial charge >= 0.3 is 0 Å².